The number of allylic oxidation sites excluding steroid dienone is 5. The first-order chi connectivity index (χ1) is 21.2. The van der Waals surface area contributed by atoms with Crippen LogP contribution in [0.3, 0.4) is 0 Å². The van der Waals surface area contributed by atoms with Gasteiger partial charge in [-0.15, -0.1) is 0 Å². The Bertz CT molecular complexity index is 1230. The van der Waals surface area contributed by atoms with Crippen LogP contribution in [0.4, 0.5) is 0 Å². The van der Waals surface area contributed by atoms with E-state index in [0.717, 1.165) is 10.6 Å². The zero-order valence-electron chi connectivity index (χ0n) is 30.0. The van der Waals surface area contributed by atoms with Crippen molar-refractivity contribution >= 4 is 37.7 Å². The number of rotatable bonds is 15. The molecule has 2 amide bonds. The van der Waals surface area contributed by atoms with E-state index in [4.69, 9.17) is 25.5 Å². The van der Waals surface area contributed by atoms with Crippen LogP contribution in [0.25, 0.3) is 0 Å². The van der Waals surface area contributed by atoms with Gasteiger partial charge in [0.1, 0.15) is 12.1 Å². The molecule has 258 valence electrons. The largest absolute Gasteiger partial charge is 0.490 e. The lowest BCUT2D eigenvalue weighted by Gasteiger charge is -2.39. The topological polar surface area (TPSA) is 103 Å². The van der Waals surface area contributed by atoms with Crippen LogP contribution in [0.5, 0.6) is 0 Å². The van der Waals surface area contributed by atoms with Crippen LogP contribution in [0.15, 0.2) is 71.2 Å². The summed E-state index contributed by atoms with van der Waals surface area (Å²) in [6, 6.07) is -0.757. The van der Waals surface area contributed by atoms with Gasteiger partial charge in [-0.1, -0.05) is 102 Å². The first-order valence-corrected chi connectivity index (χ1v) is 19.2. The average Bonchev–Trinajstić information content (AvgIpc) is 2.93. The molecule has 1 rings (SSSR count). The normalized spacial score (nSPS) is 19.2. The second kappa shape index (κ2) is 18.5. The number of hydrogen-bond acceptors (Lipinski definition) is 6. The number of methoxy groups -OCH3 is 1. The van der Waals surface area contributed by atoms with Crippen molar-refractivity contribution in [1.82, 2.24) is 10.6 Å². The van der Waals surface area contributed by atoms with E-state index in [1.165, 1.54) is 13.2 Å². The Morgan fingerprint density at radius 3 is 2.28 bits per heavy atom. The first kappa shape index (κ1) is 41.1. The van der Waals surface area contributed by atoms with Crippen LogP contribution in [-0.4, -0.2) is 51.5 Å². The van der Waals surface area contributed by atoms with E-state index in [2.05, 4.69) is 44.5 Å². The zero-order valence-corrected chi connectivity index (χ0v) is 31.7. The molecule has 0 aliphatic carbocycles. The van der Waals surface area contributed by atoms with E-state index in [9.17, 15) is 14.4 Å². The predicted molar refractivity (Wildman–Crippen MR) is 190 cm³/mol. The molecule has 0 aromatic rings. The summed E-state index contributed by atoms with van der Waals surface area (Å²) in [6.07, 6.45) is 17.4. The molecule has 2 N–H and O–H groups in total. The van der Waals surface area contributed by atoms with Gasteiger partial charge in [-0.05, 0) is 62.5 Å². The monoisotopic (exact) mass is 676 g/mol. The number of ether oxygens (including phenoxy) is 2. The van der Waals surface area contributed by atoms with E-state index in [-0.39, 0.29) is 40.7 Å². The van der Waals surface area contributed by atoms with Crippen molar-refractivity contribution in [1.29, 1.82) is 0 Å². The lowest BCUT2D eigenvalue weighted by Crippen LogP contribution is -2.52. The van der Waals surface area contributed by atoms with Crippen molar-refractivity contribution in [3.63, 3.8) is 0 Å². The third-order valence-corrected chi connectivity index (χ3v) is 12.8. The molecule has 0 spiro atoms. The molecule has 4 atom stereocenters. The van der Waals surface area contributed by atoms with Crippen LogP contribution in [0.1, 0.15) is 81.6 Å². The minimum atomic E-state index is -2.00. The number of nitrogens with one attached hydrogen (secondary N) is 2. The number of esters is 1. The van der Waals surface area contributed by atoms with Gasteiger partial charge in [-0.25, -0.2) is 4.79 Å². The molecule has 0 saturated carbocycles. The molecule has 0 saturated heterocycles. The number of carbonyl (C=O) groups excluding carboxylic acids is 3. The van der Waals surface area contributed by atoms with E-state index in [1.807, 2.05) is 65.8 Å². The van der Waals surface area contributed by atoms with Gasteiger partial charge in [0, 0.05) is 23.4 Å². The molecule has 46 heavy (non-hydrogen) atoms. The number of hydrogen-bond donors (Lipinski definition) is 2. The third-order valence-electron chi connectivity index (χ3n) is 8.13. The number of amides is 2. The number of carbonyl (C=O) groups is 3. The molecule has 1 aliphatic rings. The fourth-order valence-electron chi connectivity index (χ4n) is 4.36. The van der Waals surface area contributed by atoms with E-state index >= 15 is 0 Å². The molecular formula is C36H57ClN2O6Si. The molecule has 0 aromatic carbocycles. The summed E-state index contributed by atoms with van der Waals surface area (Å²) in [5.41, 5.74) is 0.435. The van der Waals surface area contributed by atoms with Gasteiger partial charge in [0.05, 0.1) is 13.2 Å². The van der Waals surface area contributed by atoms with Crippen molar-refractivity contribution in [3.8, 4) is 0 Å². The highest BCUT2D eigenvalue weighted by Gasteiger charge is 2.39. The Morgan fingerprint density at radius 1 is 1.11 bits per heavy atom. The van der Waals surface area contributed by atoms with Crippen molar-refractivity contribution in [3.05, 3.63) is 71.2 Å². The first-order valence-electron chi connectivity index (χ1n) is 15.9. The summed E-state index contributed by atoms with van der Waals surface area (Å²) in [7, 11) is -0.554. The lowest BCUT2D eigenvalue weighted by molar-refractivity contribution is -0.151. The minimum Gasteiger partial charge on any atom is -0.490 e. The molecule has 8 nitrogen and oxygen atoms in total. The molecule has 0 bridgehead atoms. The van der Waals surface area contributed by atoms with E-state index < -0.39 is 25.7 Å². The third kappa shape index (κ3) is 14.7. The molecule has 1 heterocycles. The molecule has 0 unspecified atom stereocenters. The van der Waals surface area contributed by atoms with Gasteiger partial charge in [-0.3, -0.25) is 9.59 Å². The van der Waals surface area contributed by atoms with Crippen LogP contribution >= 0.6 is 11.6 Å². The van der Waals surface area contributed by atoms with Crippen molar-refractivity contribution in [2.75, 3.05) is 7.11 Å². The fourth-order valence-corrected chi connectivity index (χ4v) is 5.82. The van der Waals surface area contributed by atoms with Gasteiger partial charge in [-0.2, -0.15) is 0 Å². The SMILES string of the molecule is COC1=CC[C@@H]([C@@H](C)/C=C(C)/C=C/C=C/C(=O)N[C@H](C(=O)N/C=C\C[C@H](C/C=C(\C)Cl)O[Si](C)(C)C(C)(C)C)C(C)(C)C)OC1=O. The summed E-state index contributed by atoms with van der Waals surface area (Å²) in [5.74, 6) is -0.899. The average molecular weight is 677 g/mol. The van der Waals surface area contributed by atoms with Gasteiger partial charge in [0.2, 0.25) is 11.8 Å². The van der Waals surface area contributed by atoms with Crippen molar-refractivity contribution in [2.24, 2.45) is 11.3 Å². The molecular weight excluding hydrogens is 620 g/mol. The maximum absolute atomic E-state index is 13.1. The standard InChI is InChI=1S/C36H57ClN2O6Si/c1-25(24-26(2)29-21-22-30(43-10)34(42)44-29)16-13-14-18-31(40)39-32(35(4,5)6)33(41)38-23-15-17-28(20-19-27(3)37)45-46(11,12)36(7,8)9/h13-16,18-19,22-24,26,28-29,32H,17,20-21H2,1-12H3,(H,38,41)(H,39,40)/b16-13+,18-14+,23-15-,25-24+,27-19+/t26-,28+,29-,32+/m0/s1. The smallest absolute Gasteiger partial charge is 0.373 e. The number of cyclic esters (lactones) is 1. The van der Waals surface area contributed by atoms with Crippen LogP contribution in [0, 0.1) is 11.3 Å². The highest BCUT2D eigenvalue weighted by molar-refractivity contribution is 6.74. The quantitative estimate of drug-likeness (QED) is 0.0789. The van der Waals surface area contributed by atoms with Gasteiger partial charge in [0.25, 0.3) is 0 Å². The van der Waals surface area contributed by atoms with Gasteiger partial charge in [0.15, 0.2) is 14.1 Å². The Morgan fingerprint density at radius 2 is 1.74 bits per heavy atom. The molecule has 10 heteroatoms. The van der Waals surface area contributed by atoms with E-state index in [1.54, 1.807) is 24.4 Å². The predicted octanol–water partition coefficient (Wildman–Crippen LogP) is 8.00. The molecule has 1 aliphatic heterocycles. The Kier molecular flexibility index (Phi) is 16.5. The maximum Gasteiger partial charge on any atom is 0.373 e. The van der Waals surface area contributed by atoms with Crippen molar-refractivity contribution < 1.29 is 28.3 Å². The molecule has 0 radical (unpaired) electrons. The second-order valence-electron chi connectivity index (χ2n) is 14.4. The fraction of sp³-hybridized carbons (Fsp3) is 0.583. The summed E-state index contributed by atoms with van der Waals surface area (Å²) in [6.45, 7) is 22.5. The highest BCUT2D eigenvalue weighted by atomic mass is 35.5. The van der Waals surface area contributed by atoms with Gasteiger partial charge < -0.3 is 24.5 Å². The highest BCUT2D eigenvalue weighted by Crippen LogP contribution is 2.38. The minimum absolute atomic E-state index is 0.00193. The molecule has 0 aromatic heterocycles. The summed E-state index contributed by atoms with van der Waals surface area (Å²) >= 11 is 6.09. The second-order valence-corrected chi connectivity index (χ2v) is 19.8. The lowest BCUT2D eigenvalue weighted by atomic mass is 9.86. The van der Waals surface area contributed by atoms with Crippen LogP contribution in [0.2, 0.25) is 18.1 Å². The summed E-state index contributed by atoms with van der Waals surface area (Å²) in [4.78, 5) is 37.8. The van der Waals surface area contributed by atoms with Crippen LogP contribution in [-0.2, 0) is 28.3 Å². The Hall–Kier alpha value is -2.88. The summed E-state index contributed by atoms with van der Waals surface area (Å²) in [5, 5.41) is 6.46. The van der Waals surface area contributed by atoms with Crippen molar-refractivity contribution in [2.45, 2.75) is 118 Å². The maximum atomic E-state index is 13.1. The molecule has 0 fully saturated rings. The number of halogens is 1. The Labute approximate surface area is 283 Å². The Balaban J connectivity index is 2.79. The van der Waals surface area contributed by atoms with Crippen LogP contribution < -0.4 is 10.6 Å². The van der Waals surface area contributed by atoms with E-state index in [0.29, 0.717) is 19.3 Å². The van der Waals surface area contributed by atoms with Gasteiger partial charge >= 0.3 is 5.97 Å². The summed E-state index contributed by atoms with van der Waals surface area (Å²) < 4.78 is 17.1. The zero-order chi connectivity index (χ0) is 35.3.